The number of fused-ring (bicyclic) bond motifs is 6. The minimum Gasteiger partial charge on any atom is -0.490 e. The smallest absolute Gasteiger partial charge is 0.258 e. The summed E-state index contributed by atoms with van der Waals surface area (Å²) in [5.74, 6) is 1.05. The second-order valence-corrected chi connectivity index (χ2v) is 44.8. The van der Waals surface area contributed by atoms with Crippen molar-refractivity contribution < 1.29 is 53.2 Å². The molecule has 38 heteroatoms. The Hall–Kier alpha value is -13.1. The number of β-amino-alcohol motifs (C(OH)–C–C–N with tert-alkyl or cyclic N) is 2. The van der Waals surface area contributed by atoms with Crippen LogP contribution in [-0.2, 0) is 40.0 Å². The van der Waals surface area contributed by atoms with Crippen LogP contribution in [0.4, 0.5) is 5.82 Å². The van der Waals surface area contributed by atoms with E-state index in [1.165, 1.54) is 27.3 Å². The number of nitrogens with zero attached hydrogens (tertiary/aromatic N) is 16. The van der Waals surface area contributed by atoms with Gasteiger partial charge in [0.1, 0.15) is 81.3 Å². The second-order valence-electron chi connectivity index (χ2n) is 39.8. The number of hydrogen-bond donors (Lipinski definition) is 7. The largest absolute Gasteiger partial charge is 0.490 e. The number of aryl methyl sites for hydroxylation is 6. The van der Waals surface area contributed by atoms with Crippen molar-refractivity contribution in [3.63, 3.8) is 0 Å². The molecule has 0 radical (unpaired) electrons. The van der Waals surface area contributed by atoms with Crippen LogP contribution in [0.3, 0.4) is 0 Å². The molecule has 752 valence electrons. The van der Waals surface area contributed by atoms with Gasteiger partial charge in [-0.25, -0.2) is 15.0 Å². The Balaban J connectivity index is 0.474. The van der Waals surface area contributed by atoms with Gasteiger partial charge in [0.25, 0.3) is 5.91 Å². The minimum absolute atomic E-state index is 0.0230. The number of ether oxygens (including phenoxy) is 2. The molecule has 1 aliphatic carbocycles. The monoisotopic (exact) mass is 2070 g/mol. The topological polar surface area (TPSA) is 391 Å². The SMILES string of the molecule is Cc1ncsc1-c1ccc([C@H](C)NC(=O)[C@@H]2C[C@@H](O)CN2C(=O)[C@H](C(C)CCc2ncsc2-c2ccc([C@H](C)NC(=O)[C@@H]3C[C@@H](O)CN3C(=O)[C@@H](NC(=O)COc3ccc(N4CC[C@@H](NC(=O)C[C@@H]5N=C(c6ccc(Cl)cc6)c6c(sc(C)c6C)-n6c(C)nnc65)C4)nc3)C(C)(C)C)cc2)n2cc(-c3cccc(OC4CC(NC(=O)C[C@@H]5N=C(c6ccc(Cl)cc6)c6c(sc(C)c6C)-n6c(C)nnc65)C4)c3)cn2)cc1. The molecule has 6 aliphatic rings. The molecule has 1 saturated carbocycles. The number of hydrogen-bond acceptors (Lipinski definition) is 26. The first-order valence-corrected chi connectivity index (χ1v) is 53.1. The van der Waals surface area contributed by atoms with Gasteiger partial charge in [-0.05, 0) is 180 Å². The Morgan fingerprint density at radius 1 is 0.545 bits per heavy atom. The molecular weight excluding hydrogens is 1950 g/mol. The Kier molecular flexibility index (Phi) is 29.3. The molecule has 0 spiro atoms. The van der Waals surface area contributed by atoms with Crippen molar-refractivity contribution >= 4 is 127 Å². The molecule has 7 N–H and O–H groups in total. The number of thiazole rings is 2. The summed E-state index contributed by atoms with van der Waals surface area (Å²) in [6.45, 7) is 25.8. The normalized spacial score (nSPS) is 20.1. The number of carbonyl (C=O) groups is 7. The Morgan fingerprint density at radius 2 is 1.08 bits per heavy atom. The van der Waals surface area contributed by atoms with E-state index in [0.717, 1.165) is 114 Å². The van der Waals surface area contributed by atoms with Crippen molar-refractivity contribution in [2.75, 3.05) is 37.7 Å². The number of rotatable bonds is 31. The average Bonchev–Trinajstić information content (AvgIpc) is 1.59. The van der Waals surface area contributed by atoms with Gasteiger partial charge in [0, 0.05) is 118 Å². The highest BCUT2D eigenvalue weighted by atomic mass is 35.5. The van der Waals surface area contributed by atoms with E-state index in [2.05, 4.69) is 89.5 Å². The summed E-state index contributed by atoms with van der Waals surface area (Å²) in [6.07, 6.45) is 5.70. The summed E-state index contributed by atoms with van der Waals surface area (Å²) in [5, 5.41) is 64.4. The molecular formula is C107H115Cl2N21O11S4. The number of halogens is 2. The molecule has 7 amide bonds. The number of aromatic nitrogens is 11. The van der Waals surface area contributed by atoms with Gasteiger partial charge in [0.2, 0.25) is 35.4 Å². The van der Waals surface area contributed by atoms with Gasteiger partial charge in [0.15, 0.2) is 18.3 Å². The van der Waals surface area contributed by atoms with Crippen LogP contribution in [0.1, 0.15) is 212 Å². The molecule has 1 unspecified atom stereocenters. The average molecular weight is 2070 g/mol. The van der Waals surface area contributed by atoms with E-state index in [4.69, 9.17) is 52.7 Å². The predicted molar refractivity (Wildman–Crippen MR) is 561 cm³/mol. The fraction of sp³-hybridized carbons (Fsp3) is 0.393. The third-order valence-electron chi connectivity index (χ3n) is 28.5. The molecule has 3 saturated heterocycles. The molecule has 5 aliphatic heterocycles. The Bertz CT molecular complexity index is 7120. The van der Waals surface area contributed by atoms with Crippen molar-refractivity contribution in [2.45, 2.75) is 227 Å². The quantitative estimate of drug-likeness (QED) is 0.0212. The van der Waals surface area contributed by atoms with E-state index in [-0.39, 0.29) is 74.7 Å². The number of anilines is 1. The van der Waals surface area contributed by atoms with Crippen molar-refractivity contribution in [1.82, 2.24) is 90.6 Å². The highest BCUT2D eigenvalue weighted by molar-refractivity contribution is 7.15. The predicted octanol–water partition coefficient (Wildman–Crippen LogP) is 16.0. The van der Waals surface area contributed by atoms with E-state index in [1.807, 2.05) is 204 Å². The zero-order valence-corrected chi connectivity index (χ0v) is 87.5. The molecule has 0 bridgehead atoms. The first-order valence-electron chi connectivity index (χ1n) is 49.0. The summed E-state index contributed by atoms with van der Waals surface area (Å²) in [4.78, 5) is 136. The number of aliphatic hydroxyl groups excluding tert-OH is 2. The third kappa shape index (κ3) is 21.4. The van der Waals surface area contributed by atoms with Crippen LogP contribution < -0.4 is 41.0 Å². The van der Waals surface area contributed by atoms with Gasteiger partial charge >= 0.3 is 0 Å². The molecule has 8 aromatic heterocycles. The lowest BCUT2D eigenvalue weighted by Crippen LogP contribution is -2.58. The Morgan fingerprint density at radius 3 is 1.61 bits per heavy atom. The van der Waals surface area contributed by atoms with Gasteiger partial charge in [-0.1, -0.05) is 136 Å². The number of aliphatic hydroxyl groups is 2. The molecule has 13 aromatic rings. The molecule has 13 heterocycles. The first kappa shape index (κ1) is 101. The molecule has 32 nitrogen and oxygen atoms in total. The second kappa shape index (κ2) is 42.2. The number of carbonyl (C=O) groups excluding carboxylic acids is 7. The van der Waals surface area contributed by atoms with E-state index < -0.39 is 102 Å². The van der Waals surface area contributed by atoms with Gasteiger partial charge in [-0.2, -0.15) is 5.10 Å². The summed E-state index contributed by atoms with van der Waals surface area (Å²) < 4.78 is 18.3. The summed E-state index contributed by atoms with van der Waals surface area (Å²) >= 11 is 19.1. The van der Waals surface area contributed by atoms with Crippen LogP contribution in [-0.4, -0.2) is 208 Å². The number of likely N-dealkylation sites (tertiary alicyclic amines) is 2. The van der Waals surface area contributed by atoms with E-state index in [9.17, 15) is 39.0 Å². The van der Waals surface area contributed by atoms with E-state index >= 15 is 4.79 Å². The number of benzene rings is 5. The van der Waals surface area contributed by atoms with Gasteiger partial charge in [0.05, 0.1) is 93.1 Å². The number of thiophene rings is 2. The molecule has 12 atom stereocenters. The van der Waals surface area contributed by atoms with Crippen LogP contribution in [0.5, 0.6) is 11.5 Å². The number of pyridine rings is 1. The molecule has 145 heavy (non-hydrogen) atoms. The lowest BCUT2D eigenvalue weighted by atomic mass is 9.85. The first-order chi connectivity index (χ1) is 69.6. The number of aliphatic imine (C=N–C) groups is 2. The fourth-order valence-corrected chi connectivity index (χ4v) is 24.6. The summed E-state index contributed by atoms with van der Waals surface area (Å²) in [5.41, 5.74) is 17.0. The minimum atomic E-state index is -1.12. The maximum atomic E-state index is 15.8. The van der Waals surface area contributed by atoms with Crippen LogP contribution in [0.2, 0.25) is 10.0 Å². The summed E-state index contributed by atoms with van der Waals surface area (Å²) in [6, 6.07) is 35.4. The van der Waals surface area contributed by atoms with Gasteiger partial charge < -0.3 is 61.0 Å². The zero-order valence-electron chi connectivity index (χ0n) is 82.7. The fourth-order valence-electron chi connectivity index (χ4n) is 20.3. The molecule has 5 aromatic carbocycles. The van der Waals surface area contributed by atoms with Crippen molar-refractivity contribution in [3.8, 4) is 53.5 Å². The van der Waals surface area contributed by atoms with Crippen molar-refractivity contribution in [2.24, 2.45) is 21.3 Å². The zero-order chi connectivity index (χ0) is 102. The standard InChI is InChI=1S/C107H115Cl2N21O11S4/c1-55(95(103(138)126-50-77(131)42-85(126)101(136)114-58(4)65-18-22-69(23-19-65)96-60(6)111-53-142-96)128-48-72(46-113-128)71-15-14-16-79(39-71)141-81-40-76(41-81)117-89(134)45-84-100-124-122-64(10)130(100)106-92(57(3)62(8)145-106)94(119-84)68-28-32-74(109)33-29-68)17-35-82-97(143-54-112-82)70-24-20-66(21-25-70)59(5)115-102(137)86-43-78(132)51-127(86)104(139)98(107(11,12)13)120-90(135)52-140-80-34-36-87(110-47-80)125-38-37-75(49-125)116-88(133)44-83-99-123-121-63(9)129(99)105-91(56(2)61(7)144-105)93(118-83)67-26-30-73(108)31-27-67/h14-16,18-34,36,39,46-48,53-55,58-59,75-78,81,83-86,95,98,131-132H,17,35,37-38,40-45,49-52H2,1-13H3,(H,114,136)(H,115,137)(H,116,133)(H,117,134)(H,120,135)/t55?,58-,59-,75+,76?,77+,78+,81?,83-,84-,85-,86-,95-,98+/m0/s1. The molecule has 4 fully saturated rings. The van der Waals surface area contributed by atoms with Crippen LogP contribution in [0.15, 0.2) is 173 Å². The van der Waals surface area contributed by atoms with Crippen molar-refractivity contribution in [3.05, 3.63) is 262 Å². The van der Waals surface area contributed by atoms with Gasteiger partial charge in [-0.3, -0.25) is 57.4 Å². The summed E-state index contributed by atoms with van der Waals surface area (Å²) in [7, 11) is 0. The Labute approximate surface area is 866 Å². The van der Waals surface area contributed by atoms with Crippen LogP contribution >= 0.6 is 68.5 Å². The van der Waals surface area contributed by atoms with E-state index in [1.54, 1.807) is 62.5 Å². The highest BCUT2D eigenvalue weighted by Crippen LogP contribution is 2.45. The third-order valence-corrected chi connectivity index (χ3v) is 33.3. The maximum Gasteiger partial charge on any atom is 0.258 e. The van der Waals surface area contributed by atoms with Crippen molar-refractivity contribution in [1.29, 1.82) is 0 Å². The van der Waals surface area contributed by atoms with Crippen LogP contribution in [0.25, 0.3) is 42.0 Å². The lowest BCUT2D eigenvalue weighted by Gasteiger charge is -2.36. The number of nitrogens with one attached hydrogen (secondary N) is 5. The number of amides is 7. The highest BCUT2D eigenvalue weighted by Gasteiger charge is 2.48. The maximum absolute atomic E-state index is 15.8. The van der Waals surface area contributed by atoms with Crippen LogP contribution in [0, 0.1) is 59.8 Å². The van der Waals surface area contributed by atoms with Gasteiger partial charge in [-0.15, -0.1) is 65.7 Å². The lowest BCUT2D eigenvalue weighted by molar-refractivity contribution is -0.144. The molecule has 19 rings (SSSR count). The van der Waals surface area contributed by atoms with E-state index in [0.29, 0.717) is 101 Å².